The van der Waals surface area contributed by atoms with Gasteiger partial charge >= 0.3 is 0 Å². The fourth-order valence-corrected chi connectivity index (χ4v) is 3.07. The second-order valence-electron chi connectivity index (χ2n) is 4.69. The summed E-state index contributed by atoms with van der Waals surface area (Å²) < 4.78 is 0. The van der Waals surface area contributed by atoms with Crippen LogP contribution in [0.25, 0.3) is 0 Å². The van der Waals surface area contributed by atoms with Crippen molar-refractivity contribution in [2.75, 3.05) is 5.75 Å². The Balaban J connectivity index is 2.51. The number of thioether (sulfide) groups is 1. The number of hydrogen-bond donors (Lipinski definition) is 1. The van der Waals surface area contributed by atoms with E-state index in [2.05, 4.69) is 32.0 Å². The summed E-state index contributed by atoms with van der Waals surface area (Å²) in [5, 5.41) is 0.873. The third kappa shape index (κ3) is 5.64. The maximum Gasteiger partial charge on any atom is 0.0544 e. The highest BCUT2D eigenvalue weighted by Gasteiger charge is 2.05. The molecule has 0 radical (unpaired) electrons. The van der Waals surface area contributed by atoms with Gasteiger partial charge in [0.05, 0.1) is 5.02 Å². The molecule has 18 heavy (non-hydrogen) atoms. The molecule has 2 N–H and O–H groups in total. The van der Waals surface area contributed by atoms with Gasteiger partial charge in [0.2, 0.25) is 0 Å². The number of hydrogen-bond acceptors (Lipinski definition) is 2. The van der Waals surface area contributed by atoms with Crippen molar-refractivity contribution in [3.05, 3.63) is 28.8 Å². The van der Waals surface area contributed by atoms with E-state index in [4.69, 9.17) is 17.3 Å². The smallest absolute Gasteiger partial charge is 0.0544 e. The van der Waals surface area contributed by atoms with E-state index in [9.17, 15) is 0 Å². The lowest BCUT2D eigenvalue weighted by Crippen LogP contribution is -2.21. The van der Waals surface area contributed by atoms with Crippen molar-refractivity contribution in [1.82, 2.24) is 0 Å². The largest absolute Gasteiger partial charge is 0.327 e. The number of rotatable bonds is 8. The van der Waals surface area contributed by atoms with Crippen LogP contribution >= 0.6 is 23.4 Å². The molecular formula is C15H24ClNS. The highest BCUT2D eigenvalue weighted by atomic mass is 35.5. The molecule has 1 atom stereocenters. The molecule has 1 aromatic rings. The maximum absolute atomic E-state index is 6.31. The molecule has 1 nitrogen and oxygen atoms in total. The van der Waals surface area contributed by atoms with Crippen molar-refractivity contribution in [3.8, 4) is 0 Å². The fourth-order valence-electron chi connectivity index (χ4n) is 1.77. The molecule has 0 aliphatic rings. The van der Waals surface area contributed by atoms with Crippen LogP contribution < -0.4 is 5.73 Å². The Morgan fingerprint density at radius 3 is 2.67 bits per heavy atom. The Morgan fingerprint density at radius 2 is 2.06 bits per heavy atom. The summed E-state index contributed by atoms with van der Waals surface area (Å²) >= 11 is 8.16. The van der Waals surface area contributed by atoms with Crippen LogP contribution in [0.1, 0.15) is 45.1 Å². The van der Waals surface area contributed by atoms with E-state index < -0.39 is 0 Å². The average molecular weight is 286 g/mol. The summed E-state index contributed by atoms with van der Waals surface area (Å²) in [6.45, 7) is 4.34. The van der Waals surface area contributed by atoms with Gasteiger partial charge in [-0.1, -0.05) is 44.4 Å². The van der Waals surface area contributed by atoms with Crippen LogP contribution in [0, 0.1) is 0 Å². The molecule has 102 valence electrons. The van der Waals surface area contributed by atoms with Crippen LogP contribution in [0.2, 0.25) is 5.02 Å². The zero-order valence-electron chi connectivity index (χ0n) is 11.4. The van der Waals surface area contributed by atoms with E-state index in [-0.39, 0.29) is 6.04 Å². The first-order valence-electron chi connectivity index (χ1n) is 6.84. The van der Waals surface area contributed by atoms with Gasteiger partial charge in [0.25, 0.3) is 0 Å². The molecule has 3 heteroatoms. The topological polar surface area (TPSA) is 26.0 Å². The molecule has 1 unspecified atom stereocenters. The van der Waals surface area contributed by atoms with Crippen molar-refractivity contribution in [2.24, 2.45) is 5.73 Å². The highest BCUT2D eigenvalue weighted by molar-refractivity contribution is 7.99. The standard InChI is InChI=1S/C15H24ClNS/c1-3-5-6-9-18-15-8-7-12(11-14(15)16)10-13(17)4-2/h7-8,11,13H,3-6,9-10,17H2,1-2H3. The molecule has 0 fully saturated rings. The Kier molecular flexibility index (Phi) is 7.80. The molecule has 0 spiro atoms. The van der Waals surface area contributed by atoms with Gasteiger partial charge in [-0.3, -0.25) is 0 Å². The van der Waals surface area contributed by atoms with E-state index in [1.54, 1.807) is 0 Å². The predicted octanol–water partition coefficient (Wildman–Crippen LogP) is 4.90. The van der Waals surface area contributed by atoms with Crippen molar-refractivity contribution < 1.29 is 0 Å². The van der Waals surface area contributed by atoms with E-state index in [0.29, 0.717) is 0 Å². The van der Waals surface area contributed by atoms with Crippen molar-refractivity contribution in [2.45, 2.75) is 56.9 Å². The Bertz CT molecular complexity index is 354. The first kappa shape index (κ1) is 15.9. The highest BCUT2D eigenvalue weighted by Crippen LogP contribution is 2.29. The van der Waals surface area contributed by atoms with Crippen LogP contribution in [-0.4, -0.2) is 11.8 Å². The van der Waals surface area contributed by atoms with Gasteiger partial charge in [0, 0.05) is 10.9 Å². The summed E-state index contributed by atoms with van der Waals surface area (Å²) in [5.41, 5.74) is 7.20. The van der Waals surface area contributed by atoms with Gasteiger partial charge in [0.1, 0.15) is 0 Å². The zero-order chi connectivity index (χ0) is 13.4. The van der Waals surface area contributed by atoms with Gasteiger partial charge in [-0.25, -0.2) is 0 Å². The van der Waals surface area contributed by atoms with Crippen LogP contribution in [0.3, 0.4) is 0 Å². The first-order valence-corrected chi connectivity index (χ1v) is 8.20. The van der Waals surface area contributed by atoms with Crippen LogP contribution in [0.15, 0.2) is 23.1 Å². The van der Waals surface area contributed by atoms with Crippen molar-refractivity contribution in [1.29, 1.82) is 0 Å². The monoisotopic (exact) mass is 285 g/mol. The summed E-state index contributed by atoms with van der Waals surface area (Å²) in [7, 11) is 0. The zero-order valence-corrected chi connectivity index (χ0v) is 13.0. The number of unbranched alkanes of at least 4 members (excludes halogenated alkanes) is 2. The third-order valence-corrected chi connectivity index (χ3v) is 4.61. The SMILES string of the molecule is CCCCCSc1ccc(CC(N)CC)cc1Cl. The molecule has 0 heterocycles. The molecule has 0 bridgehead atoms. The predicted molar refractivity (Wildman–Crippen MR) is 83.7 cm³/mol. The minimum absolute atomic E-state index is 0.240. The second-order valence-corrected chi connectivity index (χ2v) is 6.24. The van der Waals surface area contributed by atoms with Gasteiger partial charge < -0.3 is 5.73 Å². The minimum atomic E-state index is 0.240. The van der Waals surface area contributed by atoms with Gasteiger partial charge in [-0.2, -0.15) is 0 Å². The molecule has 0 saturated carbocycles. The fraction of sp³-hybridized carbons (Fsp3) is 0.600. The summed E-state index contributed by atoms with van der Waals surface area (Å²) in [6.07, 6.45) is 5.75. The van der Waals surface area contributed by atoms with E-state index in [1.807, 2.05) is 11.8 Å². The third-order valence-electron chi connectivity index (χ3n) is 3.02. The van der Waals surface area contributed by atoms with Crippen LogP contribution in [0.5, 0.6) is 0 Å². The number of nitrogens with two attached hydrogens (primary N) is 1. The molecule has 0 saturated heterocycles. The number of benzene rings is 1. The Labute approximate surface area is 120 Å². The lowest BCUT2D eigenvalue weighted by molar-refractivity contribution is 0.646. The molecule has 0 amide bonds. The van der Waals surface area contributed by atoms with Crippen LogP contribution in [0.4, 0.5) is 0 Å². The van der Waals surface area contributed by atoms with E-state index in [0.717, 1.165) is 23.6 Å². The van der Waals surface area contributed by atoms with Gasteiger partial charge in [0.15, 0.2) is 0 Å². The first-order chi connectivity index (χ1) is 8.67. The normalized spacial score (nSPS) is 12.7. The molecule has 0 aliphatic carbocycles. The summed E-state index contributed by atoms with van der Waals surface area (Å²) in [5.74, 6) is 1.15. The van der Waals surface area contributed by atoms with Gasteiger partial charge in [-0.05, 0) is 42.7 Å². The van der Waals surface area contributed by atoms with Crippen LogP contribution in [-0.2, 0) is 6.42 Å². The van der Waals surface area contributed by atoms with E-state index in [1.165, 1.54) is 29.7 Å². The lowest BCUT2D eigenvalue weighted by atomic mass is 10.1. The second kappa shape index (κ2) is 8.84. The molecular weight excluding hydrogens is 262 g/mol. The molecule has 1 rings (SSSR count). The van der Waals surface area contributed by atoms with E-state index >= 15 is 0 Å². The minimum Gasteiger partial charge on any atom is -0.327 e. The molecule has 1 aromatic carbocycles. The van der Waals surface area contributed by atoms with Crippen molar-refractivity contribution >= 4 is 23.4 Å². The Hall–Kier alpha value is -0.180. The summed E-state index contributed by atoms with van der Waals surface area (Å²) in [6, 6.07) is 6.60. The van der Waals surface area contributed by atoms with Gasteiger partial charge in [-0.15, -0.1) is 11.8 Å². The average Bonchev–Trinajstić information content (AvgIpc) is 2.36. The molecule has 0 aromatic heterocycles. The maximum atomic E-state index is 6.31. The summed E-state index contributed by atoms with van der Waals surface area (Å²) in [4.78, 5) is 1.20. The quantitative estimate of drug-likeness (QED) is 0.543. The lowest BCUT2D eigenvalue weighted by Gasteiger charge is -2.10. The Morgan fingerprint density at radius 1 is 1.28 bits per heavy atom. The van der Waals surface area contributed by atoms with Crippen molar-refractivity contribution in [3.63, 3.8) is 0 Å². The molecule has 0 aliphatic heterocycles. The number of halogens is 1.